The molecule has 0 saturated carbocycles. The lowest BCUT2D eigenvalue weighted by molar-refractivity contribution is -0.119. The van der Waals surface area contributed by atoms with Crippen molar-refractivity contribution in [3.8, 4) is 0 Å². The number of hydrogen-bond acceptors (Lipinski definition) is 2. The Morgan fingerprint density at radius 3 is 2.00 bits per heavy atom. The average molecular weight is 264 g/mol. The van der Waals surface area contributed by atoms with Crippen LogP contribution in [-0.2, 0) is 4.79 Å². The van der Waals surface area contributed by atoms with E-state index in [2.05, 4.69) is 0 Å². The molecule has 1 amide bonds. The van der Waals surface area contributed by atoms with E-state index < -0.39 is 46.8 Å². The van der Waals surface area contributed by atoms with Gasteiger partial charge in [0.25, 0.3) is 0 Å². The first-order valence-corrected chi connectivity index (χ1v) is 5.15. The molecule has 0 aliphatic carbocycles. The van der Waals surface area contributed by atoms with Gasteiger partial charge < -0.3 is 11.1 Å². The van der Waals surface area contributed by atoms with Crippen molar-refractivity contribution >= 4 is 11.6 Å². The van der Waals surface area contributed by atoms with E-state index in [1.807, 2.05) is 0 Å². The predicted octanol–water partition coefficient (Wildman–Crippen LogP) is 2.16. The first-order chi connectivity index (χ1) is 8.25. The minimum absolute atomic E-state index is 0.0648. The van der Waals surface area contributed by atoms with Crippen molar-refractivity contribution in [1.29, 1.82) is 0 Å². The van der Waals surface area contributed by atoms with Gasteiger partial charge in [0.15, 0.2) is 23.3 Å². The lowest BCUT2D eigenvalue weighted by Crippen LogP contribution is -2.34. The number of carbonyl (C=O) groups excluding carboxylic acids is 1. The molecule has 2 unspecified atom stereocenters. The smallest absolute Gasteiger partial charge is 0.228 e. The van der Waals surface area contributed by atoms with Gasteiger partial charge in [-0.3, -0.25) is 4.79 Å². The molecule has 1 aromatic rings. The van der Waals surface area contributed by atoms with E-state index in [9.17, 15) is 22.4 Å². The maximum atomic E-state index is 13.2. The molecular formula is C11H12F4N2O. The van der Waals surface area contributed by atoms with Gasteiger partial charge in [-0.15, -0.1) is 0 Å². The van der Waals surface area contributed by atoms with Crippen molar-refractivity contribution in [2.45, 2.75) is 19.9 Å². The molecule has 3 N–H and O–H groups in total. The van der Waals surface area contributed by atoms with Crippen LogP contribution in [0.5, 0.6) is 0 Å². The van der Waals surface area contributed by atoms with Crippen LogP contribution in [0.4, 0.5) is 23.2 Å². The Bertz CT molecular complexity index is 450. The van der Waals surface area contributed by atoms with Gasteiger partial charge in [0.05, 0.1) is 5.92 Å². The highest BCUT2D eigenvalue weighted by Gasteiger charge is 2.24. The van der Waals surface area contributed by atoms with E-state index in [1.165, 1.54) is 13.8 Å². The lowest BCUT2D eigenvalue weighted by atomic mass is 10.0. The minimum atomic E-state index is -1.65. The SMILES string of the molecule is CC(N)C(C)C(=O)Nc1c(F)c(F)cc(F)c1F. The Kier molecular flexibility index (Phi) is 4.28. The molecule has 2 atom stereocenters. The first kappa shape index (κ1) is 14.4. The molecule has 0 aliphatic heterocycles. The summed E-state index contributed by atoms with van der Waals surface area (Å²) in [7, 11) is 0. The molecule has 0 radical (unpaired) electrons. The van der Waals surface area contributed by atoms with Crippen LogP contribution in [0.1, 0.15) is 13.8 Å². The van der Waals surface area contributed by atoms with Gasteiger partial charge in [-0.1, -0.05) is 6.92 Å². The van der Waals surface area contributed by atoms with E-state index in [-0.39, 0.29) is 6.07 Å². The maximum Gasteiger partial charge on any atom is 0.228 e. The molecule has 0 saturated heterocycles. The maximum absolute atomic E-state index is 13.2. The number of anilines is 1. The number of hydrogen-bond donors (Lipinski definition) is 2. The number of rotatable bonds is 3. The van der Waals surface area contributed by atoms with Crippen molar-refractivity contribution in [2.75, 3.05) is 5.32 Å². The highest BCUT2D eigenvalue weighted by molar-refractivity contribution is 5.93. The minimum Gasteiger partial charge on any atom is -0.327 e. The summed E-state index contributed by atoms with van der Waals surface area (Å²) in [6.07, 6.45) is 0. The number of nitrogens with one attached hydrogen (secondary N) is 1. The van der Waals surface area contributed by atoms with Crippen molar-refractivity contribution in [1.82, 2.24) is 0 Å². The van der Waals surface area contributed by atoms with Gasteiger partial charge in [0, 0.05) is 12.1 Å². The second-order valence-corrected chi connectivity index (χ2v) is 3.98. The molecule has 18 heavy (non-hydrogen) atoms. The summed E-state index contributed by atoms with van der Waals surface area (Å²) in [6.45, 7) is 2.94. The van der Waals surface area contributed by atoms with Gasteiger partial charge in [0.2, 0.25) is 5.91 Å². The van der Waals surface area contributed by atoms with Crippen molar-refractivity contribution < 1.29 is 22.4 Å². The summed E-state index contributed by atoms with van der Waals surface area (Å²) in [5.41, 5.74) is 4.28. The molecule has 1 aromatic carbocycles. The van der Waals surface area contributed by atoms with E-state index in [4.69, 9.17) is 5.73 Å². The highest BCUT2D eigenvalue weighted by atomic mass is 19.2. The van der Waals surface area contributed by atoms with E-state index in [0.29, 0.717) is 0 Å². The molecule has 0 spiro atoms. The molecular weight excluding hydrogens is 252 g/mol. The number of amides is 1. The van der Waals surface area contributed by atoms with Crippen LogP contribution in [0.25, 0.3) is 0 Å². The topological polar surface area (TPSA) is 55.1 Å². The molecule has 100 valence electrons. The summed E-state index contributed by atoms with van der Waals surface area (Å²) < 4.78 is 52.2. The number of halogens is 4. The number of carbonyl (C=O) groups is 1. The summed E-state index contributed by atoms with van der Waals surface area (Å²) in [6, 6.07) is -0.510. The van der Waals surface area contributed by atoms with Crippen LogP contribution in [0, 0.1) is 29.2 Å². The predicted molar refractivity (Wildman–Crippen MR) is 57.7 cm³/mol. The normalized spacial score (nSPS) is 14.2. The number of nitrogens with two attached hydrogens (primary N) is 1. The Labute approximate surface area is 101 Å². The zero-order chi connectivity index (χ0) is 14.0. The molecule has 0 aliphatic rings. The summed E-state index contributed by atoms with van der Waals surface area (Å²) in [5.74, 6) is -8.07. The molecule has 1 rings (SSSR count). The quantitative estimate of drug-likeness (QED) is 0.649. The fraction of sp³-hybridized carbons (Fsp3) is 0.364. The van der Waals surface area contributed by atoms with Gasteiger partial charge in [0.1, 0.15) is 5.69 Å². The van der Waals surface area contributed by atoms with Crippen LogP contribution in [0.2, 0.25) is 0 Å². The standard InChI is InChI=1S/C11H12F4N2O/c1-4(5(2)16)11(18)17-10-8(14)6(12)3-7(13)9(10)15/h3-5H,16H2,1-2H3,(H,17,18). The fourth-order valence-electron chi connectivity index (χ4n) is 1.16. The van der Waals surface area contributed by atoms with Crippen LogP contribution in [0.15, 0.2) is 6.07 Å². The van der Waals surface area contributed by atoms with Crippen molar-refractivity contribution in [3.05, 3.63) is 29.3 Å². The second-order valence-electron chi connectivity index (χ2n) is 3.98. The molecule has 7 heteroatoms. The summed E-state index contributed by atoms with van der Waals surface area (Å²) in [5, 5.41) is 1.79. The first-order valence-electron chi connectivity index (χ1n) is 5.15. The fourth-order valence-corrected chi connectivity index (χ4v) is 1.16. The second kappa shape index (κ2) is 5.34. The van der Waals surface area contributed by atoms with Crippen LogP contribution >= 0.6 is 0 Å². The van der Waals surface area contributed by atoms with Crippen molar-refractivity contribution in [2.24, 2.45) is 11.7 Å². The van der Waals surface area contributed by atoms with Crippen LogP contribution in [0.3, 0.4) is 0 Å². The van der Waals surface area contributed by atoms with Gasteiger partial charge >= 0.3 is 0 Å². The Morgan fingerprint density at radius 2 is 1.61 bits per heavy atom. The summed E-state index contributed by atoms with van der Waals surface area (Å²) >= 11 is 0. The number of benzene rings is 1. The lowest BCUT2D eigenvalue weighted by Gasteiger charge is -2.16. The third-order valence-electron chi connectivity index (χ3n) is 2.56. The Hall–Kier alpha value is -1.63. The Balaban J connectivity index is 3.08. The van der Waals surface area contributed by atoms with E-state index in [1.54, 1.807) is 5.32 Å². The van der Waals surface area contributed by atoms with Gasteiger partial charge in [-0.05, 0) is 6.92 Å². The van der Waals surface area contributed by atoms with Crippen LogP contribution < -0.4 is 11.1 Å². The largest absolute Gasteiger partial charge is 0.327 e. The molecule has 3 nitrogen and oxygen atoms in total. The highest BCUT2D eigenvalue weighted by Crippen LogP contribution is 2.24. The monoisotopic (exact) mass is 264 g/mol. The third kappa shape index (κ3) is 2.79. The average Bonchev–Trinajstić information content (AvgIpc) is 2.30. The zero-order valence-electron chi connectivity index (χ0n) is 9.73. The zero-order valence-corrected chi connectivity index (χ0v) is 9.73. The van der Waals surface area contributed by atoms with Crippen LogP contribution in [-0.4, -0.2) is 11.9 Å². The van der Waals surface area contributed by atoms with Gasteiger partial charge in [-0.25, -0.2) is 17.6 Å². The summed E-state index contributed by atoms with van der Waals surface area (Å²) in [4.78, 5) is 11.5. The molecule has 0 heterocycles. The third-order valence-corrected chi connectivity index (χ3v) is 2.56. The molecule has 0 bridgehead atoms. The Morgan fingerprint density at radius 1 is 1.17 bits per heavy atom. The molecule has 0 fully saturated rings. The van der Waals surface area contributed by atoms with E-state index in [0.717, 1.165) is 0 Å². The van der Waals surface area contributed by atoms with E-state index >= 15 is 0 Å². The van der Waals surface area contributed by atoms with Gasteiger partial charge in [-0.2, -0.15) is 0 Å². The molecule has 0 aromatic heterocycles. The van der Waals surface area contributed by atoms with Crippen molar-refractivity contribution in [3.63, 3.8) is 0 Å².